The predicted molar refractivity (Wildman–Crippen MR) is 118 cm³/mol. The Bertz CT molecular complexity index is 935. The van der Waals surface area contributed by atoms with Crippen LogP contribution in [0.5, 0.6) is 0 Å². The first-order valence-electron chi connectivity index (χ1n) is 10.8. The molecule has 3 aliphatic rings. The highest BCUT2D eigenvalue weighted by atomic mass is 16.5. The Morgan fingerprint density at radius 2 is 2.00 bits per heavy atom. The maximum absolute atomic E-state index is 13.7. The summed E-state index contributed by atoms with van der Waals surface area (Å²) in [7, 11) is 1.76. The molecule has 1 saturated carbocycles. The predicted octanol–water partition coefficient (Wildman–Crippen LogP) is 3.02. The zero-order valence-electron chi connectivity index (χ0n) is 17.4. The number of fused-ring (bicyclic) bond motifs is 2. The molecule has 7 heteroatoms. The van der Waals surface area contributed by atoms with E-state index in [2.05, 4.69) is 33.4 Å². The van der Waals surface area contributed by atoms with Crippen molar-refractivity contribution in [3.05, 3.63) is 42.1 Å². The Morgan fingerprint density at radius 3 is 2.73 bits per heavy atom. The first-order valence-corrected chi connectivity index (χ1v) is 10.8. The van der Waals surface area contributed by atoms with Crippen LogP contribution < -0.4 is 20.9 Å². The Kier molecular flexibility index (Phi) is 5.08. The summed E-state index contributed by atoms with van der Waals surface area (Å²) in [4.78, 5) is 22.4. The molecule has 0 radical (unpaired) electrons. The Labute approximate surface area is 177 Å². The van der Waals surface area contributed by atoms with Crippen molar-refractivity contribution >= 4 is 28.8 Å². The number of carbonyl (C=O) groups excluding carboxylic acids is 1. The van der Waals surface area contributed by atoms with Crippen LogP contribution in [0, 0.1) is 5.92 Å². The maximum Gasteiger partial charge on any atom is 0.230 e. The van der Waals surface area contributed by atoms with E-state index in [1.807, 2.05) is 17.0 Å². The summed E-state index contributed by atoms with van der Waals surface area (Å²) in [5.74, 6) is 1.04. The van der Waals surface area contributed by atoms with Crippen LogP contribution in [0.4, 0.5) is 22.9 Å². The van der Waals surface area contributed by atoms with Crippen LogP contribution in [0.3, 0.4) is 0 Å². The average Bonchev–Trinajstić information content (AvgIpc) is 2.92. The molecule has 2 aromatic rings. The lowest BCUT2D eigenvalue weighted by Gasteiger charge is -2.39. The fourth-order valence-electron chi connectivity index (χ4n) is 4.79. The molecule has 1 amide bonds. The number of pyridine rings is 1. The summed E-state index contributed by atoms with van der Waals surface area (Å²) in [6.07, 6.45) is 5.68. The van der Waals surface area contributed by atoms with Crippen molar-refractivity contribution in [1.29, 1.82) is 0 Å². The summed E-state index contributed by atoms with van der Waals surface area (Å²) >= 11 is 0. The zero-order chi connectivity index (χ0) is 20.7. The van der Waals surface area contributed by atoms with Crippen molar-refractivity contribution in [3.8, 4) is 0 Å². The third-order valence-electron chi connectivity index (χ3n) is 6.64. The van der Waals surface area contributed by atoms with Crippen LogP contribution >= 0.6 is 0 Å². The van der Waals surface area contributed by atoms with E-state index in [9.17, 15) is 4.79 Å². The van der Waals surface area contributed by atoms with Gasteiger partial charge in [0.1, 0.15) is 5.82 Å². The van der Waals surface area contributed by atoms with Crippen molar-refractivity contribution < 1.29 is 9.53 Å². The molecular formula is C23H29N5O2. The van der Waals surface area contributed by atoms with E-state index in [1.165, 1.54) is 0 Å². The third-order valence-corrected chi connectivity index (χ3v) is 6.64. The number of hydrogen-bond donors (Lipinski definition) is 2. The Morgan fingerprint density at radius 1 is 1.20 bits per heavy atom. The molecule has 0 spiro atoms. The number of nitrogens with two attached hydrogens (primary N) is 1. The van der Waals surface area contributed by atoms with Gasteiger partial charge in [0.2, 0.25) is 5.91 Å². The number of anilines is 4. The lowest BCUT2D eigenvalue weighted by atomic mass is 9.86. The first kappa shape index (κ1) is 19.3. The second-order valence-corrected chi connectivity index (χ2v) is 8.64. The number of ether oxygens (including phenoxy) is 1. The fraction of sp³-hybridized carbons (Fsp3) is 0.478. The largest absolute Gasteiger partial charge is 0.381 e. The van der Waals surface area contributed by atoms with Gasteiger partial charge in [-0.05, 0) is 49.9 Å². The van der Waals surface area contributed by atoms with E-state index in [0.29, 0.717) is 6.54 Å². The molecule has 1 aliphatic carbocycles. The summed E-state index contributed by atoms with van der Waals surface area (Å²) in [5, 5.41) is 3.45. The fourth-order valence-corrected chi connectivity index (χ4v) is 4.79. The lowest BCUT2D eigenvalue weighted by Crippen LogP contribution is -2.55. The molecule has 1 aromatic carbocycles. The van der Waals surface area contributed by atoms with E-state index in [-0.39, 0.29) is 24.0 Å². The lowest BCUT2D eigenvalue weighted by molar-refractivity contribution is -0.124. The second-order valence-electron chi connectivity index (χ2n) is 8.64. The molecule has 1 saturated heterocycles. The topological polar surface area (TPSA) is 83.7 Å². The van der Waals surface area contributed by atoms with Crippen LogP contribution in [-0.4, -0.2) is 43.2 Å². The highest BCUT2D eigenvalue weighted by Crippen LogP contribution is 2.40. The minimum absolute atomic E-state index is 0.0311. The normalized spacial score (nSPS) is 23.7. The number of nitrogens with one attached hydrogen (secondary N) is 1. The minimum atomic E-state index is 0.0311. The van der Waals surface area contributed by atoms with Gasteiger partial charge in [0.15, 0.2) is 0 Å². The summed E-state index contributed by atoms with van der Waals surface area (Å²) < 4.78 is 5.50. The number of methoxy groups -OCH3 is 1. The third kappa shape index (κ3) is 3.52. The van der Waals surface area contributed by atoms with E-state index in [4.69, 9.17) is 10.5 Å². The zero-order valence-corrected chi connectivity index (χ0v) is 17.4. The van der Waals surface area contributed by atoms with Crippen LogP contribution in [0.2, 0.25) is 0 Å². The van der Waals surface area contributed by atoms with Crippen LogP contribution in [-0.2, 0) is 16.1 Å². The standard InChI is InChI=1S/C23H29N5O2/c1-30-19-7-4-15(5-8-19)23(29)28-12-16-3-2-10-25-22(16)26-20-9-6-18(11-21(20)28)27-13-17(24)14-27/h2-3,6,9-11,15,17,19H,4-5,7-8,12-14,24H2,1H3,(H,25,26). The molecule has 3 N–H and O–H groups in total. The summed E-state index contributed by atoms with van der Waals surface area (Å²) in [6, 6.07) is 10.5. The second kappa shape index (κ2) is 7.89. The van der Waals surface area contributed by atoms with Gasteiger partial charge in [-0.3, -0.25) is 4.79 Å². The van der Waals surface area contributed by atoms with E-state index in [1.54, 1.807) is 13.3 Å². The minimum Gasteiger partial charge on any atom is -0.381 e. The van der Waals surface area contributed by atoms with Crippen molar-refractivity contribution in [2.24, 2.45) is 11.7 Å². The van der Waals surface area contributed by atoms with Crippen molar-refractivity contribution in [1.82, 2.24) is 4.98 Å². The number of benzene rings is 1. The Hall–Kier alpha value is -2.64. The average molecular weight is 408 g/mol. The van der Waals surface area contributed by atoms with Gasteiger partial charge >= 0.3 is 0 Å². The molecule has 0 unspecified atom stereocenters. The number of rotatable bonds is 3. The van der Waals surface area contributed by atoms with Gasteiger partial charge in [0.05, 0.1) is 24.0 Å². The number of nitrogens with zero attached hydrogens (tertiary/aromatic N) is 3. The molecule has 2 aliphatic heterocycles. The summed E-state index contributed by atoms with van der Waals surface area (Å²) in [5.41, 5.74) is 9.96. The molecule has 5 rings (SSSR count). The number of carbonyl (C=O) groups is 1. The molecule has 2 fully saturated rings. The number of aromatic nitrogens is 1. The summed E-state index contributed by atoms with van der Waals surface area (Å²) in [6.45, 7) is 2.22. The number of hydrogen-bond acceptors (Lipinski definition) is 6. The van der Waals surface area contributed by atoms with Gasteiger partial charge in [0, 0.05) is 49.6 Å². The van der Waals surface area contributed by atoms with Gasteiger partial charge in [-0.2, -0.15) is 0 Å². The van der Waals surface area contributed by atoms with Crippen molar-refractivity contribution in [2.75, 3.05) is 35.3 Å². The molecule has 30 heavy (non-hydrogen) atoms. The van der Waals surface area contributed by atoms with Crippen LogP contribution in [0.15, 0.2) is 36.5 Å². The van der Waals surface area contributed by atoms with Gasteiger partial charge in [0.25, 0.3) is 0 Å². The molecule has 0 bridgehead atoms. The first-order chi connectivity index (χ1) is 14.6. The monoisotopic (exact) mass is 407 g/mol. The maximum atomic E-state index is 13.7. The Balaban J connectivity index is 1.49. The van der Waals surface area contributed by atoms with Crippen molar-refractivity contribution in [2.45, 2.75) is 44.4 Å². The number of amides is 1. The van der Waals surface area contributed by atoms with E-state index in [0.717, 1.165) is 67.2 Å². The quantitative estimate of drug-likeness (QED) is 0.814. The van der Waals surface area contributed by atoms with Gasteiger partial charge < -0.3 is 25.6 Å². The molecule has 1 aromatic heterocycles. The van der Waals surface area contributed by atoms with Gasteiger partial charge in [-0.15, -0.1) is 0 Å². The molecule has 0 atom stereocenters. The highest BCUT2D eigenvalue weighted by molar-refractivity contribution is 6.00. The highest BCUT2D eigenvalue weighted by Gasteiger charge is 2.33. The molecule has 158 valence electrons. The van der Waals surface area contributed by atoms with Crippen LogP contribution in [0.25, 0.3) is 0 Å². The van der Waals surface area contributed by atoms with Gasteiger partial charge in [-0.25, -0.2) is 4.98 Å². The molecular weight excluding hydrogens is 378 g/mol. The SMILES string of the molecule is COC1CCC(C(=O)N2Cc3cccnc3Nc3ccc(N4CC(N)C4)cc32)CC1. The van der Waals surface area contributed by atoms with Crippen LogP contribution in [0.1, 0.15) is 31.2 Å². The van der Waals surface area contributed by atoms with E-state index < -0.39 is 0 Å². The van der Waals surface area contributed by atoms with E-state index >= 15 is 0 Å². The smallest absolute Gasteiger partial charge is 0.230 e. The molecule has 3 heterocycles. The molecule has 7 nitrogen and oxygen atoms in total. The van der Waals surface area contributed by atoms with Crippen molar-refractivity contribution in [3.63, 3.8) is 0 Å². The van der Waals surface area contributed by atoms with Gasteiger partial charge in [-0.1, -0.05) is 6.07 Å².